The van der Waals surface area contributed by atoms with Gasteiger partial charge in [-0.2, -0.15) is 14.9 Å². The Morgan fingerprint density at radius 2 is 2.14 bits per heavy atom. The molecular formula is C19H23IN6O2. The summed E-state index contributed by atoms with van der Waals surface area (Å²) in [6, 6.07) is 4.40. The van der Waals surface area contributed by atoms with Crippen LogP contribution < -0.4 is 4.90 Å². The minimum absolute atomic E-state index is 0.0159. The quantitative estimate of drug-likeness (QED) is 0.522. The molecular weight excluding hydrogens is 471 g/mol. The topological polar surface area (TPSA) is 70.2 Å². The Balaban J connectivity index is 1.52. The number of halogens is 1. The third-order valence-corrected chi connectivity index (χ3v) is 6.29. The number of nitrogens with zero attached hydrogens (tertiary/aromatic N) is 6. The normalized spacial score (nSPS) is 23.4. The van der Waals surface area contributed by atoms with Gasteiger partial charge in [0, 0.05) is 29.0 Å². The van der Waals surface area contributed by atoms with E-state index in [-0.39, 0.29) is 6.23 Å². The Labute approximate surface area is 176 Å². The van der Waals surface area contributed by atoms with Gasteiger partial charge >= 0.3 is 0 Å². The second-order valence-electron chi connectivity index (χ2n) is 7.35. The highest BCUT2D eigenvalue weighted by Gasteiger charge is 2.23. The van der Waals surface area contributed by atoms with Gasteiger partial charge in [-0.3, -0.25) is 0 Å². The molecule has 2 atom stereocenters. The average molecular weight is 494 g/mol. The van der Waals surface area contributed by atoms with Crippen LogP contribution in [0.25, 0.3) is 16.9 Å². The van der Waals surface area contributed by atoms with Crippen molar-refractivity contribution in [2.75, 3.05) is 31.3 Å². The van der Waals surface area contributed by atoms with Crippen molar-refractivity contribution in [3.05, 3.63) is 28.1 Å². The van der Waals surface area contributed by atoms with E-state index in [0.717, 1.165) is 65.4 Å². The number of anilines is 1. The number of fused-ring (bicyclic) bond motifs is 1. The first kappa shape index (κ1) is 18.3. The number of hydrogen-bond acceptors (Lipinski definition) is 6. The largest absolute Gasteiger partial charge is 0.377 e. The van der Waals surface area contributed by atoms with Gasteiger partial charge in [-0.05, 0) is 54.8 Å². The number of rotatable bonds is 3. The lowest BCUT2D eigenvalue weighted by atomic mass is 10.2. The van der Waals surface area contributed by atoms with Crippen molar-refractivity contribution in [2.24, 2.45) is 0 Å². The predicted molar refractivity (Wildman–Crippen MR) is 114 cm³/mol. The molecule has 0 amide bonds. The minimum atomic E-state index is 0.0159. The van der Waals surface area contributed by atoms with Crippen molar-refractivity contribution < 1.29 is 9.47 Å². The molecule has 2 fully saturated rings. The summed E-state index contributed by atoms with van der Waals surface area (Å²) in [5.74, 6) is 1.73. The summed E-state index contributed by atoms with van der Waals surface area (Å²) in [5, 5.41) is 10.3. The molecule has 2 aliphatic heterocycles. The Kier molecular flexibility index (Phi) is 4.97. The number of pyridine rings is 1. The van der Waals surface area contributed by atoms with Crippen LogP contribution >= 0.6 is 22.6 Å². The lowest BCUT2D eigenvalue weighted by Gasteiger charge is -2.34. The number of aromatic nitrogens is 5. The first-order valence-electron chi connectivity index (χ1n) is 9.76. The van der Waals surface area contributed by atoms with Crippen molar-refractivity contribution in [2.45, 2.75) is 38.5 Å². The lowest BCUT2D eigenvalue weighted by Crippen LogP contribution is -2.44. The molecule has 0 N–H and O–H groups in total. The van der Waals surface area contributed by atoms with E-state index < -0.39 is 0 Å². The number of morpholine rings is 1. The summed E-state index contributed by atoms with van der Waals surface area (Å²) in [5.41, 5.74) is 0.829. The van der Waals surface area contributed by atoms with Gasteiger partial charge in [-0.25, -0.2) is 9.67 Å². The number of ether oxygens (including phenoxy) is 2. The first-order chi connectivity index (χ1) is 13.7. The van der Waals surface area contributed by atoms with Crippen LogP contribution in [-0.2, 0) is 9.47 Å². The minimum Gasteiger partial charge on any atom is -0.377 e. The molecule has 0 radical (unpaired) electrons. The molecule has 8 nitrogen and oxygen atoms in total. The summed E-state index contributed by atoms with van der Waals surface area (Å²) in [4.78, 5) is 7.26. The lowest BCUT2D eigenvalue weighted by molar-refractivity contribution is -0.0395. The van der Waals surface area contributed by atoms with Crippen LogP contribution in [0, 0.1) is 3.57 Å². The van der Waals surface area contributed by atoms with Gasteiger partial charge in [-0.1, -0.05) is 0 Å². The van der Waals surface area contributed by atoms with Crippen molar-refractivity contribution in [1.29, 1.82) is 0 Å². The zero-order valence-electron chi connectivity index (χ0n) is 15.8. The van der Waals surface area contributed by atoms with E-state index in [1.165, 1.54) is 6.42 Å². The van der Waals surface area contributed by atoms with Crippen LogP contribution in [0.15, 0.2) is 24.5 Å². The summed E-state index contributed by atoms with van der Waals surface area (Å²) in [7, 11) is 0. The molecule has 3 aromatic heterocycles. The molecule has 148 valence electrons. The molecule has 0 spiro atoms. The third kappa shape index (κ3) is 3.29. The molecule has 28 heavy (non-hydrogen) atoms. The fourth-order valence-corrected chi connectivity index (χ4v) is 4.52. The van der Waals surface area contributed by atoms with Crippen LogP contribution in [0.1, 0.15) is 32.4 Å². The molecule has 3 aromatic rings. The number of hydrogen-bond donors (Lipinski definition) is 0. The summed E-state index contributed by atoms with van der Waals surface area (Å²) in [6.07, 6.45) is 7.15. The summed E-state index contributed by atoms with van der Waals surface area (Å²) >= 11 is 2.36. The Morgan fingerprint density at radius 1 is 1.21 bits per heavy atom. The Morgan fingerprint density at radius 3 is 2.96 bits per heavy atom. The molecule has 5 heterocycles. The van der Waals surface area contributed by atoms with Crippen molar-refractivity contribution in [3.63, 3.8) is 0 Å². The first-order valence-corrected chi connectivity index (χ1v) is 10.8. The third-order valence-electron chi connectivity index (χ3n) is 5.40. The fraction of sp³-hybridized carbons (Fsp3) is 0.526. The molecule has 5 rings (SSSR count). The second-order valence-corrected chi connectivity index (χ2v) is 8.51. The molecule has 0 aromatic carbocycles. The highest BCUT2D eigenvalue weighted by atomic mass is 127. The molecule has 0 saturated carbocycles. The Bertz CT molecular complexity index is 980. The zero-order valence-corrected chi connectivity index (χ0v) is 17.9. The SMILES string of the molecule is C[C@@H]1COCCN1c1cc(I)c2cnn(-c3ccn(C4CCCCO4)n3)c2n1. The van der Waals surface area contributed by atoms with E-state index in [1.54, 1.807) is 0 Å². The fourth-order valence-electron chi connectivity index (χ4n) is 3.87. The van der Waals surface area contributed by atoms with Gasteiger partial charge in [0.25, 0.3) is 0 Å². The molecule has 9 heteroatoms. The predicted octanol–water partition coefficient (Wildman–Crippen LogP) is 3.15. The van der Waals surface area contributed by atoms with Crippen molar-refractivity contribution >= 4 is 39.4 Å². The molecule has 2 saturated heterocycles. The van der Waals surface area contributed by atoms with E-state index in [0.29, 0.717) is 6.04 Å². The van der Waals surface area contributed by atoms with Crippen LogP contribution in [0.3, 0.4) is 0 Å². The zero-order chi connectivity index (χ0) is 19.1. The maximum Gasteiger partial charge on any atom is 0.177 e. The van der Waals surface area contributed by atoms with Crippen LogP contribution in [0.2, 0.25) is 0 Å². The standard InChI is InChI=1S/C19H23IN6O2/c1-13-12-27-9-7-24(13)17-10-15(20)14-11-21-26(19(14)22-17)16-5-6-25(23-16)18-4-2-3-8-28-18/h5-6,10-11,13,18H,2-4,7-9,12H2,1H3/t13-,18?/m1/s1. The molecule has 1 unspecified atom stereocenters. The van der Waals surface area contributed by atoms with Gasteiger partial charge in [0.15, 0.2) is 11.5 Å². The van der Waals surface area contributed by atoms with E-state index >= 15 is 0 Å². The Hall–Kier alpha value is -1.72. The van der Waals surface area contributed by atoms with Crippen LogP contribution in [-0.4, -0.2) is 57.0 Å². The second kappa shape index (κ2) is 7.60. The van der Waals surface area contributed by atoms with Crippen LogP contribution in [0.4, 0.5) is 5.82 Å². The van der Waals surface area contributed by atoms with Crippen molar-refractivity contribution in [3.8, 4) is 5.82 Å². The highest BCUT2D eigenvalue weighted by Crippen LogP contribution is 2.28. The molecule has 0 bridgehead atoms. The smallest absolute Gasteiger partial charge is 0.177 e. The maximum absolute atomic E-state index is 5.85. The summed E-state index contributed by atoms with van der Waals surface area (Å²) < 4.78 is 16.3. The molecule has 2 aliphatic rings. The van der Waals surface area contributed by atoms with E-state index in [1.807, 2.05) is 27.8 Å². The monoisotopic (exact) mass is 494 g/mol. The maximum atomic E-state index is 5.85. The van der Waals surface area contributed by atoms with E-state index in [4.69, 9.17) is 19.6 Å². The van der Waals surface area contributed by atoms with Crippen molar-refractivity contribution in [1.82, 2.24) is 24.5 Å². The van der Waals surface area contributed by atoms with Gasteiger partial charge in [0.1, 0.15) is 12.0 Å². The van der Waals surface area contributed by atoms with Gasteiger partial charge < -0.3 is 14.4 Å². The highest BCUT2D eigenvalue weighted by molar-refractivity contribution is 14.1. The van der Waals surface area contributed by atoms with E-state index in [2.05, 4.69) is 45.6 Å². The van der Waals surface area contributed by atoms with E-state index in [9.17, 15) is 0 Å². The average Bonchev–Trinajstić information content (AvgIpc) is 3.36. The van der Waals surface area contributed by atoms with Gasteiger partial charge in [0.2, 0.25) is 0 Å². The van der Waals surface area contributed by atoms with Gasteiger partial charge in [0.05, 0.1) is 30.8 Å². The summed E-state index contributed by atoms with van der Waals surface area (Å²) in [6.45, 7) is 5.26. The molecule has 0 aliphatic carbocycles. The van der Waals surface area contributed by atoms with Crippen LogP contribution in [0.5, 0.6) is 0 Å². The van der Waals surface area contributed by atoms with Gasteiger partial charge in [-0.15, -0.1) is 0 Å².